The number of aromatic nitrogens is 2. The normalized spacial score (nSPS) is 9.93. The lowest BCUT2D eigenvalue weighted by Gasteiger charge is -2.17. The van der Waals surface area contributed by atoms with Crippen molar-refractivity contribution in [2.75, 3.05) is 31.6 Å². The van der Waals surface area contributed by atoms with Gasteiger partial charge in [-0.2, -0.15) is 4.98 Å². The Labute approximate surface area is 82.6 Å². The molecule has 0 aliphatic heterocycles. The zero-order valence-electron chi connectivity index (χ0n) is 8.52. The first-order valence-corrected chi connectivity index (χ1v) is 4.21. The highest BCUT2D eigenvalue weighted by Crippen LogP contribution is 2.26. The minimum absolute atomic E-state index is 0.374. The summed E-state index contributed by atoms with van der Waals surface area (Å²) in [6.07, 6.45) is 1.38. The zero-order valence-corrected chi connectivity index (χ0v) is 8.52. The fourth-order valence-corrected chi connectivity index (χ4v) is 0.960. The van der Waals surface area contributed by atoms with Crippen molar-refractivity contribution >= 4 is 11.5 Å². The molecule has 0 spiro atoms. The largest absolute Gasteiger partial charge is 0.476 e. The van der Waals surface area contributed by atoms with Crippen LogP contribution in [0, 0.1) is 0 Å². The molecule has 6 nitrogen and oxygen atoms in total. The average Bonchev–Trinajstić information content (AvgIpc) is 2.20. The second-order valence-electron chi connectivity index (χ2n) is 2.53. The van der Waals surface area contributed by atoms with Crippen LogP contribution >= 0.6 is 0 Å². The molecule has 0 bridgehead atoms. The first-order valence-electron chi connectivity index (χ1n) is 4.21. The Morgan fingerprint density at radius 3 is 2.79 bits per heavy atom. The molecule has 14 heavy (non-hydrogen) atoms. The lowest BCUT2D eigenvalue weighted by atomic mass is 10.4. The van der Waals surface area contributed by atoms with Gasteiger partial charge in [-0.05, 0) is 6.92 Å². The Morgan fingerprint density at radius 1 is 1.50 bits per heavy atom. The Bertz CT molecular complexity index is 305. The molecule has 0 aliphatic carbocycles. The number of hydrogen-bond donors (Lipinski definition) is 1. The molecule has 78 valence electrons. The summed E-state index contributed by atoms with van der Waals surface area (Å²) in [5, 5.41) is 1.44. The van der Waals surface area contributed by atoms with E-state index in [1.807, 2.05) is 6.92 Å². The fraction of sp³-hybridized carbons (Fsp3) is 0.500. The molecule has 2 N–H and O–H groups in total. The van der Waals surface area contributed by atoms with E-state index in [0.29, 0.717) is 24.0 Å². The van der Waals surface area contributed by atoms with Crippen LogP contribution in [0.3, 0.4) is 0 Å². The highest BCUT2D eigenvalue weighted by Gasteiger charge is 2.12. The number of anilines is 2. The number of nitrogen functional groups attached to an aromatic ring is 1. The Morgan fingerprint density at radius 2 is 2.21 bits per heavy atom. The van der Waals surface area contributed by atoms with Crippen LogP contribution in [0.1, 0.15) is 6.92 Å². The van der Waals surface area contributed by atoms with E-state index in [1.165, 1.54) is 18.5 Å². The van der Waals surface area contributed by atoms with Crippen molar-refractivity contribution in [3.8, 4) is 5.88 Å². The standard InChI is InChI=1S/C8H14N4O2/c1-4-14-8-6(9)7(10-5-11-8)12(2)13-3/h5H,4,9H2,1-3H3. The molecule has 0 aromatic carbocycles. The number of nitrogens with zero attached hydrogens (tertiary/aromatic N) is 3. The fourth-order valence-electron chi connectivity index (χ4n) is 0.960. The Balaban J connectivity index is 3.00. The van der Waals surface area contributed by atoms with Gasteiger partial charge >= 0.3 is 0 Å². The van der Waals surface area contributed by atoms with E-state index >= 15 is 0 Å². The molecule has 1 rings (SSSR count). The van der Waals surface area contributed by atoms with E-state index < -0.39 is 0 Å². The molecule has 0 unspecified atom stereocenters. The maximum Gasteiger partial charge on any atom is 0.242 e. The first kappa shape index (κ1) is 10.5. The van der Waals surface area contributed by atoms with E-state index in [0.717, 1.165) is 0 Å². The second kappa shape index (κ2) is 4.61. The summed E-state index contributed by atoms with van der Waals surface area (Å²) in [7, 11) is 3.23. The summed E-state index contributed by atoms with van der Waals surface area (Å²) in [5.41, 5.74) is 6.15. The molecular formula is C8H14N4O2. The lowest BCUT2D eigenvalue weighted by Crippen LogP contribution is -2.18. The van der Waals surface area contributed by atoms with E-state index in [9.17, 15) is 0 Å². The van der Waals surface area contributed by atoms with Crippen molar-refractivity contribution in [1.29, 1.82) is 0 Å². The zero-order chi connectivity index (χ0) is 10.6. The van der Waals surface area contributed by atoms with Crippen LogP contribution in [0.15, 0.2) is 6.33 Å². The van der Waals surface area contributed by atoms with Gasteiger partial charge in [-0.3, -0.25) is 4.84 Å². The highest BCUT2D eigenvalue weighted by molar-refractivity contribution is 5.66. The second-order valence-corrected chi connectivity index (χ2v) is 2.53. The van der Waals surface area contributed by atoms with Gasteiger partial charge in [0.25, 0.3) is 0 Å². The number of hydroxylamine groups is 1. The summed E-state index contributed by atoms with van der Waals surface area (Å²) in [4.78, 5) is 12.8. The van der Waals surface area contributed by atoms with Gasteiger partial charge in [0.2, 0.25) is 5.88 Å². The molecule has 0 saturated carbocycles. The van der Waals surface area contributed by atoms with Crippen molar-refractivity contribution in [2.45, 2.75) is 6.92 Å². The lowest BCUT2D eigenvalue weighted by molar-refractivity contribution is 0.182. The third kappa shape index (κ3) is 2.02. The Kier molecular flexibility index (Phi) is 3.47. The van der Waals surface area contributed by atoms with Crippen molar-refractivity contribution in [1.82, 2.24) is 9.97 Å². The molecule has 0 atom stereocenters. The van der Waals surface area contributed by atoms with Crippen molar-refractivity contribution in [3.63, 3.8) is 0 Å². The first-order chi connectivity index (χ1) is 6.70. The SMILES string of the molecule is CCOc1ncnc(N(C)OC)c1N. The topological polar surface area (TPSA) is 73.5 Å². The van der Waals surface area contributed by atoms with Crippen LogP contribution < -0.4 is 15.5 Å². The number of nitrogens with two attached hydrogens (primary N) is 1. The predicted octanol–water partition coefficient (Wildman–Crippen LogP) is 0.455. The quantitative estimate of drug-likeness (QED) is 0.708. The molecule has 0 saturated heterocycles. The van der Waals surface area contributed by atoms with Gasteiger partial charge in [0.15, 0.2) is 5.82 Å². The van der Waals surface area contributed by atoms with Crippen LogP contribution in [-0.2, 0) is 4.84 Å². The third-order valence-corrected chi connectivity index (χ3v) is 1.68. The molecule has 0 amide bonds. The van der Waals surface area contributed by atoms with Crippen LogP contribution in [-0.4, -0.2) is 30.7 Å². The maximum absolute atomic E-state index is 5.77. The molecule has 0 radical (unpaired) electrons. The van der Waals surface area contributed by atoms with E-state index in [4.69, 9.17) is 15.3 Å². The summed E-state index contributed by atoms with van der Waals surface area (Å²) in [5.74, 6) is 0.868. The molecular weight excluding hydrogens is 184 g/mol. The summed E-state index contributed by atoms with van der Waals surface area (Å²) in [6, 6.07) is 0. The molecule has 0 fully saturated rings. The van der Waals surface area contributed by atoms with Crippen LogP contribution in [0.2, 0.25) is 0 Å². The predicted molar refractivity (Wildman–Crippen MR) is 53.0 cm³/mol. The van der Waals surface area contributed by atoms with Gasteiger partial charge in [0, 0.05) is 7.05 Å². The van der Waals surface area contributed by atoms with Gasteiger partial charge in [-0.25, -0.2) is 10.0 Å². The number of ether oxygens (including phenoxy) is 1. The van der Waals surface area contributed by atoms with Crippen LogP contribution in [0.5, 0.6) is 5.88 Å². The van der Waals surface area contributed by atoms with Crippen molar-refractivity contribution in [2.24, 2.45) is 0 Å². The van der Waals surface area contributed by atoms with E-state index in [-0.39, 0.29) is 0 Å². The summed E-state index contributed by atoms with van der Waals surface area (Å²) in [6.45, 7) is 2.37. The summed E-state index contributed by atoms with van der Waals surface area (Å²) >= 11 is 0. The van der Waals surface area contributed by atoms with E-state index in [1.54, 1.807) is 7.05 Å². The molecule has 1 aromatic heterocycles. The third-order valence-electron chi connectivity index (χ3n) is 1.68. The van der Waals surface area contributed by atoms with E-state index in [2.05, 4.69) is 9.97 Å². The monoisotopic (exact) mass is 198 g/mol. The van der Waals surface area contributed by atoms with Crippen molar-refractivity contribution < 1.29 is 9.57 Å². The molecule has 6 heteroatoms. The smallest absolute Gasteiger partial charge is 0.242 e. The highest BCUT2D eigenvalue weighted by atomic mass is 16.7. The van der Waals surface area contributed by atoms with Gasteiger partial charge in [-0.15, -0.1) is 0 Å². The number of rotatable bonds is 4. The molecule has 0 aliphatic rings. The molecule has 1 aromatic rings. The summed E-state index contributed by atoms with van der Waals surface area (Å²) < 4.78 is 5.21. The van der Waals surface area contributed by atoms with Gasteiger partial charge in [0.05, 0.1) is 13.7 Å². The maximum atomic E-state index is 5.77. The Hall–Kier alpha value is -1.56. The van der Waals surface area contributed by atoms with Gasteiger partial charge < -0.3 is 10.5 Å². The molecule has 1 heterocycles. The minimum atomic E-state index is 0.374. The van der Waals surface area contributed by atoms with Crippen LogP contribution in [0.4, 0.5) is 11.5 Å². The van der Waals surface area contributed by atoms with Gasteiger partial charge in [-0.1, -0.05) is 0 Å². The number of hydrogen-bond acceptors (Lipinski definition) is 6. The van der Waals surface area contributed by atoms with Crippen molar-refractivity contribution in [3.05, 3.63) is 6.33 Å². The van der Waals surface area contributed by atoms with Gasteiger partial charge in [0.1, 0.15) is 12.0 Å². The average molecular weight is 198 g/mol. The van der Waals surface area contributed by atoms with Crippen LogP contribution in [0.25, 0.3) is 0 Å². The minimum Gasteiger partial charge on any atom is -0.476 e.